The fraction of sp³-hybridized carbons (Fsp3) is 0.136. The molecule has 0 aliphatic carbocycles. The number of tetrazole rings is 1. The third-order valence-electron chi connectivity index (χ3n) is 4.90. The molecular formula is C22H16FN9O. The van der Waals surface area contributed by atoms with E-state index in [1.807, 2.05) is 6.92 Å². The third-order valence-corrected chi connectivity index (χ3v) is 4.90. The summed E-state index contributed by atoms with van der Waals surface area (Å²) in [4.78, 5) is 13.4. The molecule has 1 aromatic carbocycles. The first-order valence-corrected chi connectivity index (χ1v) is 9.98. The van der Waals surface area contributed by atoms with E-state index in [0.29, 0.717) is 46.1 Å². The lowest BCUT2D eigenvalue weighted by molar-refractivity contribution is 0.193. The Balaban J connectivity index is 1.48. The lowest BCUT2D eigenvalue weighted by Crippen LogP contribution is -2.20. The molecule has 0 N–H and O–H groups in total. The first-order valence-electron chi connectivity index (χ1n) is 9.98. The van der Waals surface area contributed by atoms with E-state index in [2.05, 4.69) is 36.5 Å². The zero-order valence-electron chi connectivity index (χ0n) is 17.4. The molecule has 0 saturated heterocycles. The van der Waals surface area contributed by atoms with Gasteiger partial charge in [0, 0.05) is 12.3 Å². The second-order valence-electron chi connectivity index (χ2n) is 7.26. The number of hydrogen-bond acceptors (Lipinski definition) is 8. The molecule has 10 nitrogen and oxygen atoms in total. The Bertz CT molecular complexity index is 1470. The van der Waals surface area contributed by atoms with Gasteiger partial charge in [-0.25, -0.2) is 19.0 Å². The van der Waals surface area contributed by atoms with Crippen LogP contribution in [0.4, 0.5) is 4.39 Å². The predicted octanol–water partition coefficient (Wildman–Crippen LogP) is 2.95. The van der Waals surface area contributed by atoms with Crippen LogP contribution in [0, 0.1) is 17.1 Å². The van der Waals surface area contributed by atoms with Crippen LogP contribution < -0.4 is 4.74 Å². The van der Waals surface area contributed by atoms with Gasteiger partial charge in [0.15, 0.2) is 5.65 Å². The molecule has 0 spiro atoms. The van der Waals surface area contributed by atoms with Crippen molar-refractivity contribution in [2.45, 2.75) is 19.6 Å². The van der Waals surface area contributed by atoms with Crippen LogP contribution in [-0.2, 0) is 6.54 Å². The van der Waals surface area contributed by atoms with Crippen molar-refractivity contribution >= 4 is 11.2 Å². The maximum Gasteiger partial charge on any atom is 0.165 e. The summed E-state index contributed by atoms with van der Waals surface area (Å²) in [5.74, 6) is 0.164. The highest BCUT2D eigenvalue weighted by Gasteiger charge is 2.14. The molecule has 162 valence electrons. The summed E-state index contributed by atoms with van der Waals surface area (Å²) in [6.45, 7) is 2.40. The van der Waals surface area contributed by atoms with E-state index in [1.54, 1.807) is 39.7 Å². The molecule has 11 heteroatoms. The van der Waals surface area contributed by atoms with Crippen molar-refractivity contribution in [2.75, 3.05) is 0 Å². The minimum absolute atomic E-state index is 0.182. The van der Waals surface area contributed by atoms with E-state index in [-0.39, 0.29) is 6.10 Å². The van der Waals surface area contributed by atoms with Crippen LogP contribution in [0.15, 0.2) is 61.3 Å². The number of fused-ring (bicyclic) bond motifs is 1. The number of nitriles is 1. The zero-order chi connectivity index (χ0) is 22.8. The molecule has 0 fully saturated rings. The Morgan fingerprint density at radius 2 is 2.00 bits per heavy atom. The summed E-state index contributed by atoms with van der Waals surface area (Å²) in [5, 5.41) is 20.5. The van der Waals surface area contributed by atoms with E-state index >= 15 is 0 Å². The molecule has 1 atom stereocenters. The van der Waals surface area contributed by atoms with Crippen molar-refractivity contribution in [1.82, 2.24) is 39.7 Å². The highest BCUT2D eigenvalue weighted by molar-refractivity contribution is 5.77. The number of aromatic nitrogens is 8. The van der Waals surface area contributed by atoms with Gasteiger partial charge in [-0.3, -0.25) is 9.55 Å². The average molecular weight is 441 g/mol. The van der Waals surface area contributed by atoms with E-state index in [1.165, 1.54) is 30.9 Å². The molecule has 5 rings (SSSR count). The molecule has 0 unspecified atom stereocenters. The molecule has 0 bridgehead atoms. The minimum atomic E-state index is -0.454. The lowest BCUT2D eigenvalue weighted by Gasteiger charge is -2.14. The largest absolute Gasteiger partial charge is 0.489 e. The summed E-state index contributed by atoms with van der Waals surface area (Å²) >= 11 is 0. The Morgan fingerprint density at radius 3 is 2.82 bits per heavy atom. The van der Waals surface area contributed by atoms with Crippen LogP contribution in [-0.4, -0.2) is 45.8 Å². The topological polar surface area (TPSA) is 120 Å². The summed E-state index contributed by atoms with van der Waals surface area (Å²) in [5.41, 5.74) is 2.94. The number of nitrogens with zero attached hydrogens (tertiary/aromatic N) is 9. The molecule has 0 saturated carbocycles. The van der Waals surface area contributed by atoms with Gasteiger partial charge >= 0.3 is 0 Å². The molecule has 0 aliphatic rings. The normalized spacial score (nSPS) is 11.9. The first kappa shape index (κ1) is 20.2. The molecule has 33 heavy (non-hydrogen) atoms. The molecular weight excluding hydrogens is 425 g/mol. The van der Waals surface area contributed by atoms with Crippen LogP contribution >= 0.6 is 0 Å². The van der Waals surface area contributed by atoms with Crippen molar-refractivity contribution in [3.05, 3.63) is 72.7 Å². The number of benzene rings is 1. The van der Waals surface area contributed by atoms with Crippen molar-refractivity contribution in [3.8, 4) is 28.9 Å². The van der Waals surface area contributed by atoms with Crippen molar-refractivity contribution in [3.63, 3.8) is 0 Å². The van der Waals surface area contributed by atoms with E-state index in [0.717, 1.165) is 0 Å². The van der Waals surface area contributed by atoms with E-state index in [4.69, 9.17) is 4.74 Å². The Hall–Kier alpha value is -4.72. The number of rotatable bonds is 6. The molecule has 0 aliphatic heterocycles. The zero-order valence-corrected chi connectivity index (χ0v) is 17.4. The molecule has 5 aromatic rings. The lowest BCUT2D eigenvalue weighted by atomic mass is 10.2. The van der Waals surface area contributed by atoms with Crippen LogP contribution in [0.2, 0.25) is 0 Å². The standard InChI is InChI=1S/C22H16FN9O/c1-14(11-31-13-27-29-30-31)33-17-6-7-25-20(9-17)18-4-5-19-22(28-18)32(12-26-19)21-8-16(23)3-2-15(21)10-24/h2-9,12-14H,11H2,1H3/t14-/m0/s1. The summed E-state index contributed by atoms with van der Waals surface area (Å²) in [6.07, 6.45) is 4.50. The first-order chi connectivity index (χ1) is 16.1. The van der Waals surface area contributed by atoms with Gasteiger partial charge in [-0.05, 0) is 53.7 Å². The van der Waals surface area contributed by atoms with Gasteiger partial charge in [-0.2, -0.15) is 5.26 Å². The molecule has 0 radical (unpaired) electrons. The number of ether oxygens (including phenoxy) is 1. The van der Waals surface area contributed by atoms with Gasteiger partial charge in [0.05, 0.1) is 29.2 Å². The second-order valence-corrected chi connectivity index (χ2v) is 7.26. The fourth-order valence-electron chi connectivity index (χ4n) is 3.43. The molecule has 4 aromatic heterocycles. The summed E-state index contributed by atoms with van der Waals surface area (Å²) in [6, 6.07) is 13.2. The number of imidazole rings is 1. The second kappa shape index (κ2) is 8.43. The summed E-state index contributed by atoms with van der Waals surface area (Å²) < 4.78 is 23.0. The van der Waals surface area contributed by atoms with E-state index < -0.39 is 5.82 Å². The van der Waals surface area contributed by atoms with Gasteiger partial charge < -0.3 is 4.74 Å². The van der Waals surface area contributed by atoms with Crippen molar-refractivity contribution < 1.29 is 9.13 Å². The third kappa shape index (κ3) is 4.09. The number of hydrogen-bond donors (Lipinski definition) is 0. The fourth-order valence-corrected chi connectivity index (χ4v) is 3.43. The Morgan fingerprint density at radius 1 is 1.09 bits per heavy atom. The van der Waals surface area contributed by atoms with Gasteiger partial charge in [0.1, 0.15) is 41.9 Å². The van der Waals surface area contributed by atoms with Gasteiger partial charge in [-0.1, -0.05) is 0 Å². The maximum absolute atomic E-state index is 13.9. The van der Waals surface area contributed by atoms with Gasteiger partial charge in [-0.15, -0.1) is 5.10 Å². The van der Waals surface area contributed by atoms with Crippen LogP contribution in [0.3, 0.4) is 0 Å². The van der Waals surface area contributed by atoms with Crippen molar-refractivity contribution in [2.24, 2.45) is 0 Å². The average Bonchev–Trinajstić information content (AvgIpc) is 3.48. The highest BCUT2D eigenvalue weighted by atomic mass is 19.1. The predicted molar refractivity (Wildman–Crippen MR) is 115 cm³/mol. The Kier molecular flexibility index (Phi) is 5.16. The highest BCUT2D eigenvalue weighted by Crippen LogP contribution is 2.25. The molecule has 0 amide bonds. The van der Waals surface area contributed by atoms with E-state index in [9.17, 15) is 9.65 Å². The van der Waals surface area contributed by atoms with Gasteiger partial charge in [0.2, 0.25) is 0 Å². The van der Waals surface area contributed by atoms with Crippen molar-refractivity contribution in [1.29, 1.82) is 5.26 Å². The smallest absolute Gasteiger partial charge is 0.165 e. The Labute approximate surface area is 186 Å². The maximum atomic E-state index is 13.9. The monoisotopic (exact) mass is 441 g/mol. The number of pyridine rings is 2. The summed E-state index contributed by atoms with van der Waals surface area (Å²) in [7, 11) is 0. The quantitative estimate of drug-likeness (QED) is 0.394. The van der Waals surface area contributed by atoms with Crippen LogP contribution in [0.5, 0.6) is 5.75 Å². The minimum Gasteiger partial charge on any atom is -0.489 e. The number of halogens is 1. The van der Waals surface area contributed by atoms with Crippen LogP contribution in [0.25, 0.3) is 28.2 Å². The molecule has 4 heterocycles. The van der Waals surface area contributed by atoms with Gasteiger partial charge in [0.25, 0.3) is 0 Å². The van der Waals surface area contributed by atoms with Crippen LogP contribution in [0.1, 0.15) is 12.5 Å². The SMILES string of the molecule is C[C@@H](Cn1cnnn1)Oc1ccnc(-c2ccc3ncn(-c4cc(F)ccc4C#N)c3n2)c1.